The molecule has 0 spiro atoms. The smallest absolute Gasteiger partial charge is 0.387 e. The molecule has 2 rings (SSSR count). The Hall–Kier alpha value is -3.36. The minimum absolute atomic E-state index is 0.0903. The molecule has 0 atom stereocenters. The van der Waals surface area contributed by atoms with Gasteiger partial charge in [0.2, 0.25) is 0 Å². The fraction of sp³-hybridized carbons (Fsp3) is 0.263. The Balaban J connectivity index is 1.80. The van der Waals surface area contributed by atoms with Crippen LogP contribution in [0.3, 0.4) is 0 Å². The summed E-state index contributed by atoms with van der Waals surface area (Å²) in [4.78, 5) is 16.7. The maximum absolute atomic E-state index is 12.3. The van der Waals surface area contributed by atoms with Crippen molar-refractivity contribution in [2.24, 2.45) is 5.16 Å². The summed E-state index contributed by atoms with van der Waals surface area (Å²) in [6.07, 6.45) is 1.32. The van der Waals surface area contributed by atoms with E-state index in [0.29, 0.717) is 17.9 Å². The van der Waals surface area contributed by atoms with Crippen molar-refractivity contribution in [2.45, 2.75) is 13.2 Å². The Morgan fingerprint density at radius 1 is 1.14 bits per heavy atom. The average molecular weight is 394 g/mol. The highest BCUT2D eigenvalue weighted by molar-refractivity contribution is 5.81. The molecule has 28 heavy (non-hydrogen) atoms. The van der Waals surface area contributed by atoms with Gasteiger partial charge in [0, 0.05) is 12.1 Å². The Bertz CT molecular complexity index is 815. The Labute approximate surface area is 160 Å². The number of hydrogen-bond donors (Lipinski definition) is 1. The van der Waals surface area contributed by atoms with Gasteiger partial charge in [-0.3, -0.25) is 4.79 Å². The second-order valence-electron chi connectivity index (χ2n) is 5.43. The van der Waals surface area contributed by atoms with E-state index in [9.17, 15) is 13.6 Å². The second kappa shape index (κ2) is 10.7. The molecule has 1 N–H and O–H groups in total. The SMILES string of the molecule is COc1cccc(CNC(=O)CO/N=C/c2ccc(OC(F)F)c(OC)c2)c1. The first kappa shape index (κ1) is 20.9. The van der Waals surface area contributed by atoms with Crippen LogP contribution in [0.4, 0.5) is 8.78 Å². The summed E-state index contributed by atoms with van der Waals surface area (Å²) in [5, 5.41) is 6.37. The number of hydrogen-bond acceptors (Lipinski definition) is 6. The van der Waals surface area contributed by atoms with E-state index in [0.717, 1.165) is 5.56 Å². The molecule has 2 aromatic rings. The zero-order valence-electron chi connectivity index (χ0n) is 15.4. The average Bonchev–Trinajstić information content (AvgIpc) is 2.70. The van der Waals surface area contributed by atoms with Crippen LogP contribution in [-0.4, -0.2) is 39.6 Å². The number of carbonyl (C=O) groups is 1. The molecule has 7 nitrogen and oxygen atoms in total. The Kier molecular flexibility index (Phi) is 8.01. The van der Waals surface area contributed by atoms with E-state index in [-0.39, 0.29) is 24.0 Å². The highest BCUT2D eigenvalue weighted by atomic mass is 19.3. The van der Waals surface area contributed by atoms with E-state index in [1.165, 1.54) is 31.5 Å². The van der Waals surface area contributed by atoms with E-state index in [2.05, 4.69) is 15.2 Å². The van der Waals surface area contributed by atoms with E-state index in [1.54, 1.807) is 7.11 Å². The number of halogens is 2. The normalized spacial score (nSPS) is 10.8. The predicted octanol–water partition coefficient (Wildman–Crippen LogP) is 2.97. The number of methoxy groups -OCH3 is 2. The van der Waals surface area contributed by atoms with Gasteiger partial charge in [-0.05, 0) is 35.9 Å². The van der Waals surface area contributed by atoms with Gasteiger partial charge in [-0.15, -0.1) is 0 Å². The molecule has 0 bridgehead atoms. The summed E-state index contributed by atoms with van der Waals surface area (Å²) in [6, 6.07) is 11.6. The minimum atomic E-state index is -2.95. The van der Waals surface area contributed by atoms with Crippen LogP contribution < -0.4 is 19.5 Å². The molecule has 1 amide bonds. The molecule has 0 aliphatic heterocycles. The first-order valence-electron chi connectivity index (χ1n) is 8.19. The standard InChI is InChI=1S/C19H20F2N2O5/c1-25-15-5-3-4-13(8-15)10-22-18(24)12-27-23-11-14-6-7-16(28-19(20)21)17(9-14)26-2/h3-9,11,19H,10,12H2,1-2H3,(H,22,24)/b23-11+. The molecule has 0 fully saturated rings. The molecule has 0 radical (unpaired) electrons. The molecule has 0 aliphatic rings. The van der Waals surface area contributed by atoms with Gasteiger partial charge in [0.15, 0.2) is 18.1 Å². The molecule has 150 valence electrons. The van der Waals surface area contributed by atoms with Crippen molar-refractivity contribution >= 4 is 12.1 Å². The summed E-state index contributed by atoms with van der Waals surface area (Å²) in [5.74, 6) is 0.388. The summed E-state index contributed by atoms with van der Waals surface area (Å²) >= 11 is 0. The monoisotopic (exact) mass is 394 g/mol. The van der Waals surface area contributed by atoms with Crippen LogP contribution in [0.25, 0.3) is 0 Å². The van der Waals surface area contributed by atoms with E-state index in [4.69, 9.17) is 14.3 Å². The van der Waals surface area contributed by atoms with Gasteiger partial charge in [-0.2, -0.15) is 8.78 Å². The molecule has 2 aromatic carbocycles. The van der Waals surface area contributed by atoms with Gasteiger partial charge < -0.3 is 24.4 Å². The van der Waals surface area contributed by atoms with Crippen molar-refractivity contribution in [1.29, 1.82) is 0 Å². The summed E-state index contributed by atoms with van der Waals surface area (Å²) < 4.78 is 39.0. The highest BCUT2D eigenvalue weighted by Crippen LogP contribution is 2.28. The number of carbonyl (C=O) groups excluding carboxylic acids is 1. The van der Waals surface area contributed by atoms with Crippen LogP contribution in [0.2, 0.25) is 0 Å². The van der Waals surface area contributed by atoms with Gasteiger partial charge in [0.1, 0.15) is 5.75 Å². The molecule has 0 heterocycles. The number of benzene rings is 2. The third-order valence-corrected chi connectivity index (χ3v) is 3.50. The molecule has 0 aromatic heterocycles. The van der Waals surface area contributed by atoms with E-state index in [1.807, 2.05) is 24.3 Å². The number of amides is 1. The predicted molar refractivity (Wildman–Crippen MR) is 98.0 cm³/mol. The lowest BCUT2D eigenvalue weighted by Crippen LogP contribution is -2.26. The van der Waals surface area contributed by atoms with Crippen LogP contribution in [0, 0.1) is 0 Å². The molecule has 0 aliphatic carbocycles. The lowest BCUT2D eigenvalue weighted by Gasteiger charge is -2.09. The molecule has 0 saturated carbocycles. The number of rotatable bonds is 10. The van der Waals surface area contributed by atoms with Gasteiger partial charge in [0.25, 0.3) is 5.91 Å². The van der Waals surface area contributed by atoms with E-state index < -0.39 is 6.61 Å². The lowest BCUT2D eigenvalue weighted by atomic mass is 10.2. The Morgan fingerprint density at radius 3 is 2.68 bits per heavy atom. The Morgan fingerprint density at radius 2 is 1.96 bits per heavy atom. The quantitative estimate of drug-likeness (QED) is 0.495. The third kappa shape index (κ3) is 6.75. The molecule has 0 saturated heterocycles. The van der Waals surface area contributed by atoms with Crippen molar-refractivity contribution in [2.75, 3.05) is 20.8 Å². The molecular formula is C19H20F2N2O5. The lowest BCUT2D eigenvalue weighted by molar-refractivity contribution is -0.125. The highest BCUT2D eigenvalue weighted by Gasteiger charge is 2.10. The van der Waals surface area contributed by atoms with Crippen molar-refractivity contribution in [3.05, 3.63) is 53.6 Å². The maximum Gasteiger partial charge on any atom is 0.387 e. The first-order valence-corrected chi connectivity index (χ1v) is 8.19. The number of nitrogens with one attached hydrogen (secondary N) is 1. The maximum atomic E-state index is 12.3. The zero-order valence-corrected chi connectivity index (χ0v) is 15.4. The molecular weight excluding hydrogens is 374 g/mol. The first-order chi connectivity index (χ1) is 13.5. The molecule has 9 heteroatoms. The van der Waals surface area contributed by atoms with E-state index >= 15 is 0 Å². The summed E-state index contributed by atoms with van der Waals surface area (Å²) in [5.41, 5.74) is 1.41. The fourth-order valence-corrected chi connectivity index (χ4v) is 2.19. The summed E-state index contributed by atoms with van der Waals surface area (Å²) in [6.45, 7) is -2.90. The summed E-state index contributed by atoms with van der Waals surface area (Å²) in [7, 11) is 2.90. The number of nitrogens with zero attached hydrogens (tertiary/aromatic N) is 1. The van der Waals surface area contributed by atoms with Gasteiger partial charge >= 0.3 is 6.61 Å². The van der Waals surface area contributed by atoms with Crippen LogP contribution >= 0.6 is 0 Å². The van der Waals surface area contributed by atoms with Crippen molar-refractivity contribution in [1.82, 2.24) is 5.32 Å². The van der Waals surface area contributed by atoms with Crippen molar-refractivity contribution in [3.63, 3.8) is 0 Å². The van der Waals surface area contributed by atoms with Crippen LogP contribution in [0.1, 0.15) is 11.1 Å². The van der Waals surface area contributed by atoms with Crippen LogP contribution in [0.15, 0.2) is 47.6 Å². The fourth-order valence-electron chi connectivity index (χ4n) is 2.19. The third-order valence-electron chi connectivity index (χ3n) is 3.50. The van der Waals surface area contributed by atoms with Crippen LogP contribution in [-0.2, 0) is 16.2 Å². The van der Waals surface area contributed by atoms with Gasteiger partial charge in [-0.25, -0.2) is 0 Å². The van der Waals surface area contributed by atoms with Gasteiger partial charge in [-0.1, -0.05) is 17.3 Å². The van der Waals surface area contributed by atoms with Crippen LogP contribution in [0.5, 0.6) is 17.2 Å². The van der Waals surface area contributed by atoms with Crippen molar-refractivity contribution < 1.29 is 32.6 Å². The topological polar surface area (TPSA) is 78.4 Å². The van der Waals surface area contributed by atoms with Crippen molar-refractivity contribution in [3.8, 4) is 17.2 Å². The minimum Gasteiger partial charge on any atom is -0.497 e. The number of alkyl halides is 2. The largest absolute Gasteiger partial charge is 0.497 e. The number of oxime groups is 1. The second-order valence-corrected chi connectivity index (χ2v) is 5.43. The zero-order chi connectivity index (χ0) is 20.4. The van der Waals surface area contributed by atoms with Gasteiger partial charge in [0.05, 0.1) is 20.4 Å². The number of ether oxygens (including phenoxy) is 3. The molecule has 0 unspecified atom stereocenters.